The highest BCUT2D eigenvalue weighted by Gasteiger charge is 2.27. The number of hydrogen-bond donors (Lipinski definition) is 0. The minimum absolute atomic E-state index is 0.0651. The van der Waals surface area contributed by atoms with Crippen LogP contribution in [0, 0.1) is 6.92 Å². The van der Waals surface area contributed by atoms with Gasteiger partial charge in [-0.2, -0.15) is 9.90 Å². The maximum Gasteiger partial charge on any atom is 0.276 e. The van der Waals surface area contributed by atoms with Gasteiger partial charge in [0.1, 0.15) is 5.82 Å². The minimum atomic E-state index is -0.0651. The van der Waals surface area contributed by atoms with Crippen LogP contribution >= 0.6 is 0 Å². The summed E-state index contributed by atoms with van der Waals surface area (Å²) in [7, 11) is 0. The molecule has 7 heteroatoms. The van der Waals surface area contributed by atoms with Gasteiger partial charge in [-0.25, -0.2) is 4.98 Å². The van der Waals surface area contributed by atoms with Crippen molar-refractivity contribution < 1.29 is 4.79 Å². The predicted molar refractivity (Wildman–Crippen MR) is 92.5 cm³/mol. The lowest BCUT2D eigenvalue weighted by Crippen LogP contribution is -2.41. The molecule has 0 N–H and O–H groups in total. The number of benzene rings is 1. The number of rotatable bonds is 3. The monoisotopic (exact) mass is 336 g/mol. The summed E-state index contributed by atoms with van der Waals surface area (Å²) in [5, 5.41) is 8.58. The number of aryl methyl sites for hydroxylation is 1. The van der Waals surface area contributed by atoms with Gasteiger partial charge < -0.3 is 9.47 Å². The average Bonchev–Trinajstić information content (AvgIpc) is 3.31. The number of para-hydroxylation sites is 1. The fourth-order valence-corrected chi connectivity index (χ4v) is 3.35. The Balaban J connectivity index is 1.51. The third kappa shape index (κ3) is 3.05. The molecule has 1 aromatic carbocycles. The molecule has 1 amide bonds. The van der Waals surface area contributed by atoms with Gasteiger partial charge >= 0.3 is 0 Å². The van der Waals surface area contributed by atoms with Crippen molar-refractivity contribution in [2.75, 3.05) is 13.1 Å². The van der Waals surface area contributed by atoms with Gasteiger partial charge in [-0.3, -0.25) is 4.79 Å². The highest BCUT2D eigenvalue weighted by Crippen LogP contribution is 2.23. The number of aromatic nitrogens is 5. The number of amides is 1. The van der Waals surface area contributed by atoms with Crippen LogP contribution in [-0.2, 0) is 0 Å². The number of piperidine rings is 1. The van der Waals surface area contributed by atoms with Crippen molar-refractivity contribution in [3.8, 4) is 5.69 Å². The van der Waals surface area contributed by atoms with E-state index in [0.29, 0.717) is 12.2 Å². The Bertz CT molecular complexity index is 869. The number of carbonyl (C=O) groups is 1. The van der Waals surface area contributed by atoms with Gasteiger partial charge in [-0.1, -0.05) is 18.2 Å². The molecular weight excluding hydrogens is 316 g/mol. The quantitative estimate of drug-likeness (QED) is 0.736. The number of imidazole rings is 1. The molecule has 7 nitrogen and oxygen atoms in total. The normalized spacial score (nSPS) is 17.6. The lowest BCUT2D eigenvalue weighted by molar-refractivity contribution is 0.0672. The number of carbonyl (C=O) groups excluding carboxylic acids is 1. The molecule has 4 rings (SSSR count). The van der Waals surface area contributed by atoms with E-state index in [0.717, 1.165) is 30.9 Å². The van der Waals surface area contributed by atoms with Crippen molar-refractivity contribution >= 4 is 5.91 Å². The van der Waals surface area contributed by atoms with E-state index in [1.807, 2.05) is 54.5 Å². The first-order chi connectivity index (χ1) is 12.2. The molecule has 25 heavy (non-hydrogen) atoms. The summed E-state index contributed by atoms with van der Waals surface area (Å²) in [6.07, 6.45) is 7.36. The summed E-state index contributed by atoms with van der Waals surface area (Å²) in [4.78, 5) is 20.5. The second-order valence-electron chi connectivity index (χ2n) is 6.28. The Morgan fingerprint density at radius 1 is 1.24 bits per heavy atom. The molecule has 1 fully saturated rings. The second kappa shape index (κ2) is 6.51. The largest absolute Gasteiger partial charge is 0.335 e. The SMILES string of the molecule is Cc1nccn1C1CCCN(C(=O)c2cnn(-c3ccccc3)n2)C1. The van der Waals surface area contributed by atoms with Crippen LogP contribution in [-0.4, -0.2) is 48.4 Å². The number of likely N-dealkylation sites (tertiary alicyclic amines) is 1. The van der Waals surface area contributed by atoms with Crippen molar-refractivity contribution in [1.82, 2.24) is 29.4 Å². The van der Waals surface area contributed by atoms with Gasteiger partial charge in [-0.05, 0) is 31.9 Å². The fourth-order valence-electron chi connectivity index (χ4n) is 3.35. The van der Waals surface area contributed by atoms with E-state index in [1.165, 1.54) is 4.80 Å². The van der Waals surface area contributed by atoms with Crippen LogP contribution in [0.15, 0.2) is 48.9 Å². The summed E-state index contributed by atoms with van der Waals surface area (Å²) >= 11 is 0. The molecule has 3 heterocycles. The van der Waals surface area contributed by atoms with E-state index in [-0.39, 0.29) is 11.9 Å². The third-order valence-electron chi connectivity index (χ3n) is 4.64. The van der Waals surface area contributed by atoms with Crippen molar-refractivity contribution in [1.29, 1.82) is 0 Å². The van der Waals surface area contributed by atoms with E-state index in [2.05, 4.69) is 19.7 Å². The molecule has 128 valence electrons. The Morgan fingerprint density at radius 3 is 2.84 bits per heavy atom. The van der Waals surface area contributed by atoms with Gasteiger partial charge in [0.15, 0.2) is 5.69 Å². The highest BCUT2D eigenvalue weighted by molar-refractivity contribution is 5.92. The van der Waals surface area contributed by atoms with Crippen molar-refractivity contribution in [3.63, 3.8) is 0 Å². The Labute approximate surface area is 145 Å². The van der Waals surface area contributed by atoms with Crippen LogP contribution in [0.2, 0.25) is 0 Å². The zero-order valence-corrected chi connectivity index (χ0v) is 14.1. The molecule has 1 saturated heterocycles. The topological polar surface area (TPSA) is 68.8 Å². The van der Waals surface area contributed by atoms with Crippen molar-refractivity contribution in [3.05, 3.63) is 60.4 Å². The smallest absolute Gasteiger partial charge is 0.276 e. The summed E-state index contributed by atoms with van der Waals surface area (Å²) in [6, 6.07) is 9.86. The third-order valence-corrected chi connectivity index (χ3v) is 4.64. The Hall–Kier alpha value is -2.96. The molecule has 1 aliphatic heterocycles. The van der Waals surface area contributed by atoms with Crippen LogP contribution in [0.25, 0.3) is 5.69 Å². The zero-order valence-electron chi connectivity index (χ0n) is 14.1. The van der Waals surface area contributed by atoms with Gasteiger partial charge in [0.2, 0.25) is 0 Å². The molecular formula is C18H20N6O. The molecule has 0 aliphatic carbocycles. The lowest BCUT2D eigenvalue weighted by Gasteiger charge is -2.33. The van der Waals surface area contributed by atoms with Crippen molar-refractivity contribution in [2.24, 2.45) is 0 Å². The first kappa shape index (κ1) is 15.6. The summed E-state index contributed by atoms with van der Waals surface area (Å²) in [5.74, 6) is 0.916. The minimum Gasteiger partial charge on any atom is -0.335 e. The van der Waals surface area contributed by atoms with Crippen LogP contribution in [0.4, 0.5) is 0 Å². The molecule has 1 unspecified atom stereocenters. The van der Waals surface area contributed by atoms with Crippen LogP contribution in [0.3, 0.4) is 0 Å². The molecule has 0 bridgehead atoms. The first-order valence-corrected chi connectivity index (χ1v) is 8.49. The number of nitrogens with zero attached hydrogens (tertiary/aromatic N) is 6. The van der Waals surface area contributed by atoms with E-state index < -0.39 is 0 Å². The van der Waals surface area contributed by atoms with Crippen LogP contribution in [0.1, 0.15) is 35.2 Å². The van der Waals surface area contributed by atoms with Crippen molar-refractivity contribution in [2.45, 2.75) is 25.8 Å². The Kier molecular flexibility index (Phi) is 4.05. The van der Waals surface area contributed by atoms with Gasteiger partial charge in [0.25, 0.3) is 5.91 Å². The van der Waals surface area contributed by atoms with E-state index in [4.69, 9.17) is 0 Å². The van der Waals surface area contributed by atoms with E-state index in [1.54, 1.807) is 6.20 Å². The molecule has 1 atom stereocenters. The van der Waals surface area contributed by atoms with Gasteiger partial charge in [0, 0.05) is 25.5 Å². The Morgan fingerprint density at radius 2 is 2.08 bits per heavy atom. The first-order valence-electron chi connectivity index (χ1n) is 8.49. The van der Waals surface area contributed by atoms with E-state index in [9.17, 15) is 4.79 Å². The van der Waals surface area contributed by atoms with E-state index >= 15 is 0 Å². The summed E-state index contributed by atoms with van der Waals surface area (Å²) < 4.78 is 2.15. The zero-order chi connectivity index (χ0) is 17.2. The van der Waals surface area contributed by atoms with Crippen LogP contribution < -0.4 is 0 Å². The summed E-state index contributed by atoms with van der Waals surface area (Å²) in [6.45, 7) is 3.42. The van der Waals surface area contributed by atoms with Gasteiger partial charge in [0.05, 0.1) is 17.9 Å². The fraction of sp³-hybridized carbons (Fsp3) is 0.333. The number of hydrogen-bond acceptors (Lipinski definition) is 4. The average molecular weight is 336 g/mol. The predicted octanol–water partition coefficient (Wildman–Crippen LogP) is 2.25. The molecule has 0 spiro atoms. The maximum atomic E-state index is 12.8. The maximum absolute atomic E-state index is 12.8. The molecule has 0 saturated carbocycles. The molecule has 3 aromatic rings. The lowest BCUT2D eigenvalue weighted by atomic mass is 10.1. The highest BCUT2D eigenvalue weighted by atomic mass is 16.2. The van der Waals surface area contributed by atoms with Crippen LogP contribution in [0.5, 0.6) is 0 Å². The van der Waals surface area contributed by atoms with Gasteiger partial charge in [-0.15, -0.1) is 5.10 Å². The second-order valence-corrected chi connectivity index (χ2v) is 6.28. The molecule has 2 aromatic heterocycles. The molecule has 0 radical (unpaired) electrons. The molecule has 1 aliphatic rings. The summed E-state index contributed by atoms with van der Waals surface area (Å²) in [5.41, 5.74) is 1.22. The standard InChI is InChI=1S/C18H20N6O/c1-14-19-9-11-23(14)16-8-5-10-22(13-16)18(25)17-12-20-24(21-17)15-6-3-2-4-7-15/h2-4,6-7,9,11-12,16H,5,8,10,13H2,1H3.